The van der Waals surface area contributed by atoms with Crippen LogP contribution in [0.3, 0.4) is 0 Å². The van der Waals surface area contributed by atoms with Gasteiger partial charge < -0.3 is 9.32 Å². The fourth-order valence-corrected chi connectivity index (χ4v) is 8.54. The summed E-state index contributed by atoms with van der Waals surface area (Å²) in [6.45, 7) is 0. The first-order valence-corrected chi connectivity index (χ1v) is 20.5. The molecule has 10 aromatic carbocycles. The van der Waals surface area contributed by atoms with E-state index in [4.69, 9.17) is 4.42 Å². The second kappa shape index (κ2) is 15.1. The largest absolute Gasteiger partial charge is 0.456 e. The molecule has 0 bridgehead atoms. The Morgan fingerprint density at radius 1 is 0.233 bits per heavy atom. The van der Waals surface area contributed by atoms with Crippen molar-refractivity contribution >= 4 is 49.8 Å². The van der Waals surface area contributed by atoms with Crippen LogP contribution in [0.4, 0.5) is 17.1 Å². The molecule has 282 valence electrons. The lowest BCUT2D eigenvalue weighted by molar-refractivity contribution is 0.669. The number of hydrogen-bond donors (Lipinski definition) is 0. The quantitative estimate of drug-likeness (QED) is 0.153. The molecule has 0 saturated heterocycles. The van der Waals surface area contributed by atoms with E-state index in [9.17, 15) is 0 Å². The first kappa shape index (κ1) is 35.2. The lowest BCUT2D eigenvalue weighted by atomic mass is 9.97. The molecule has 1 heterocycles. The number of benzene rings is 10. The fraction of sp³-hybridized carbons (Fsp3) is 0. The van der Waals surface area contributed by atoms with Gasteiger partial charge in [-0.1, -0.05) is 164 Å². The van der Waals surface area contributed by atoms with E-state index in [-0.39, 0.29) is 0 Å². The molecule has 0 amide bonds. The van der Waals surface area contributed by atoms with Crippen molar-refractivity contribution in [2.45, 2.75) is 0 Å². The van der Waals surface area contributed by atoms with Gasteiger partial charge in [-0.2, -0.15) is 0 Å². The summed E-state index contributed by atoms with van der Waals surface area (Å²) >= 11 is 0. The van der Waals surface area contributed by atoms with Crippen molar-refractivity contribution in [3.05, 3.63) is 237 Å². The third kappa shape index (κ3) is 6.70. The second-order valence-corrected chi connectivity index (χ2v) is 15.4. The minimum absolute atomic E-state index is 0.904. The molecule has 2 nitrogen and oxygen atoms in total. The molecule has 0 radical (unpaired) electrons. The van der Waals surface area contributed by atoms with Crippen LogP contribution in [0.15, 0.2) is 241 Å². The van der Waals surface area contributed by atoms with Gasteiger partial charge in [0.1, 0.15) is 11.2 Å². The molecule has 11 aromatic rings. The first-order chi connectivity index (χ1) is 29.7. The van der Waals surface area contributed by atoms with E-state index in [1.807, 2.05) is 12.1 Å². The summed E-state index contributed by atoms with van der Waals surface area (Å²) in [6, 6.07) is 85.0. The van der Waals surface area contributed by atoms with Crippen molar-refractivity contribution in [1.29, 1.82) is 0 Å². The average Bonchev–Trinajstić information content (AvgIpc) is 3.70. The van der Waals surface area contributed by atoms with E-state index in [0.717, 1.165) is 55.7 Å². The predicted octanol–water partition coefficient (Wildman–Crippen LogP) is 16.5. The SMILES string of the molecule is c1ccc(-c2cccc(-c3cccc(N(c4ccc(-c5cccc(-c6ccc7ccccc7c6)c5)cc4)c4ccc(-c5ccc6oc7ccccc7c6c5)cc4)c3)c2)cc1. The van der Waals surface area contributed by atoms with Gasteiger partial charge in [-0.05, 0) is 139 Å². The summed E-state index contributed by atoms with van der Waals surface area (Å²) in [4.78, 5) is 2.36. The number of nitrogens with zero attached hydrogens (tertiary/aromatic N) is 1. The van der Waals surface area contributed by atoms with Gasteiger partial charge in [0.15, 0.2) is 0 Å². The Hall–Kier alpha value is -7.94. The minimum Gasteiger partial charge on any atom is -0.456 e. The number of hydrogen-bond acceptors (Lipinski definition) is 2. The summed E-state index contributed by atoms with van der Waals surface area (Å²) in [7, 11) is 0. The Balaban J connectivity index is 0.966. The van der Waals surface area contributed by atoms with Gasteiger partial charge in [0.05, 0.1) is 0 Å². The van der Waals surface area contributed by atoms with Gasteiger partial charge in [0, 0.05) is 27.8 Å². The molecule has 60 heavy (non-hydrogen) atoms. The minimum atomic E-state index is 0.904. The number of furan rings is 1. The van der Waals surface area contributed by atoms with Crippen molar-refractivity contribution in [1.82, 2.24) is 0 Å². The van der Waals surface area contributed by atoms with E-state index >= 15 is 0 Å². The lowest BCUT2D eigenvalue weighted by Crippen LogP contribution is -2.10. The van der Waals surface area contributed by atoms with E-state index in [2.05, 4.69) is 229 Å². The normalized spacial score (nSPS) is 11.3. The highest BCUT2D eigenvalue weighted by Gasteiger charge is 2.16. The zero-order valence-corrected chi connectivity index (χ0v) is 32.9. The fourth-order valence-electron chi connectivity index (χ4n) is 8.54. The summed E-state index contributed by atoms with van der Waals surface area (Å²) in [5.41, 5.74) is 16.9. The van der Waals surface area contributed by atoms with Crippen LogP contribution in [0.25, 0.3) is 88.3 Å². The van der Waals surface area contributed by atoms with Gasteiger partial charge in [0.25, 0.3) is 0 Å². The van der Waals surface area contributed by atoms with Crippen LogP contribution in [0.5, 0.6) is 0 Å². The molecule has 0 N–H and O–H groups in total. The van der Waals surface area contributed by atoms with Gasteiger partial charge in [-0.15, -0.1) is 0 Å². The molecule has 0 aliphatic carbocycles. The maximum absolute atomic E-state index is 6.13. The van der Waals surface area contributed by atoms with Crippen LogP contribution in [-0.4, -0.2) is 0 Å². The van der Waals surface area contributed by atoms with Gasteiger partial charge in [-0.25, -0.2) is 0 Å². The maximum atomic E-state index is 6.13. The molecule has 11 rings (SSSR count). The molecule has 0 aliphatic rings. The summed E-state index contributed by atoms with van der Waals surface area (Å²) in [6.07, 6.45) is 0. The molecule has 0 atom stereocenters. The lowest BCUT2D eigenvalue weighted by Gasteiger charge is -2.26. The van der Waals surface area contributed by atoms with Gasteiger partial charge in [0.2, 0.25) is 0 Å². The molecule has 1 aromatic heterocycles. The van der Waals surface area contributed by atoms with Crippen LogP contribution in [-0.2, 0) is 0 Å². The smallest absolute Gasteiger partial charge is 0.135 e. The molecule has 0 aliphatic heterocycles. The molecule has 2 heteroatoms. The Morgan fingerprint density at radius 3 is 1.37 bits per heavy atom. The van der Waals surface area contributed by atoms with E-state index in [0.29, 0.717) is 0 Å². The van der Waals surface area contributed by atoms with Crippen molar-refractivity contribution in [2.75, 3.05) is 4.90 Å². The average molecular weight is 766 g/mol. The molecule has 0 saturated carbocycles. The highest BCUT2D eigenvalue weighted by molar-refractivity contribution is 6.06. The maximum Gasteiger partial charge on any atom is 0.135 e. The van der Waals surface area contributed by atoms with Crippen LogP contribution in [0, 0.1) is 0 Å². The Morgan fingerprint density at radius 2 is 0.683 bits per heavy atom. The second-order valence-electron chi connectivity index (χ2n) is 15.4. The summed E-state index contributed by atoms with van der Waals surface area (Å²) in [5, 5.41) is 4.77. The third-order valence-corrected chi connectivity index (χ3v) is 11.6. The molecule has 0 fully saturated rings. The monoisotopic (exact) mass is 765 g/mol. The Kier molecular flexibility index (Phi) is 8.87. The van der Waals surface area contributed by atoms with Crippen LogP contribution < -0.4 is 4.90 Å². The van der Waals surface area contributed by atoms with Gasteiger partial charge >= 0.3 is 0 Å². The number of para-hydroxylation sites is 1. The zero-order chi connectivity index (χ0) is 39.8. The van der Waals surface area contributed by atoms with Crippen LogP contribution in [0.1, 0.15) is 0 Å². The van der Waals surface area contributed by atoms with Crippen LogP contribution >= 0.6 is 0 Å². The van der Waals surface area contributed by atoms with Crippen molar-refractivity contribution in [3.8, 4) is 55.6 Å². The summed E-state index contributed by atoms with van der Waals surface area (Å²) < 4.78 is 6.13. The molecular weight excluding hydrogens is 727 g/mol. The molecule has 0 unspecified atom stereocenters. The van der Waals surface area contributed by atoms with E-state index < -0.39 is 0 Å². The van der Waals surface area contributed by atoms with Crippen molar-refractivity contribution in [3.63, 3.8) is 0 Å². The van der Waals surface area contributed by atoms with Crippen LogP contribution in [0.2, 0.25) is 0 Å². The van der Waals surface area contributed by atoms with E-state index in [1.165, 1.54) is 49.7 Å². The first-order valence-electron chi connectivity index (χ1n) is 20.5. The Labute approximate surface area is 349 Å². The highest BCUT2D eigenvalue weighted by atomic mass is 16.3. The van der Waals surface area contributed by atoms with Crippen molar-refractivity contribution < 1.29 is 4.42 Å². The Bertz CT molecular complexity index is 3310. The van der Waals surface area contributed by atoms with E-state index in [1.54, 1.807) is 0 Å². The highest BCUT2D eigenvalue weighted by Crippen LogP contribution is 2.40. The predicted molar refractivity (Wildman–Crippen MR) is 253 cm³/mol. The van der Waals surface area contributed by atoms with Gasteiger partial charge in [-0.3, -0.25) is 0 Å². The molecule has 0 spiro atoms. The number of fused-ring (bicyclic) bond motifs is 4. The standard InChI is InChI=1S/C58H39NO/c1-2-11-40(12-3-1)45-15-8-17-47(35-45)49-19-10-20-54(38-49)59(53-32-27-43(28-33-53)51-29-34-58-56(39-51)55-21-6-7-22-57(55)60-58)52-30-25-42(26-31-52)46-16-9-18-48(36-46)50-24-23-41-13-4-5-14-44(41)37-50/h1-39H. The number of anilines is 3. The number of rotatable bonds is 8. The third-order valence-electron chi connectivity index (χ3n) is 11.6. The van der Waals surface area contributed by atoms with Crippen molar-refractivity contribution in [2.24, 2.45) is 0 Å². The summed E-state index contributed by atoms with van der Waals surface area (Å²) in [5.74, 6) is 0. The topological polar surface area (TPSA) is 16.4 Å². The zero-order valence-electron chi connectivity index (χ0n) is 32.9. The molecular formula is C58H39NO.